The predicted octanol–water partition coefficient (Wildman–Crippen LogP) is 2.30. The van der Waals surface area contributed by atoms with Gasteiger partial charge in [0.2, 0.25) is 24.1 Å². The minimum Gasteiger partial charge on any atom is -0.445 e. The van der Waals surface area contributed by atoms with Crippen molar-refractivity contribution in [1.82, 2.24) is 31.6 Å². The molecule has 5 N–H and O–H groups in total. The van der Waals surface area contributed by atoms with E-state index in [0.717, 1.165) is 11.1 Å². The fourth-order valence-electron chi connectivity index (χ4n) is 5.69. The third-order valence-electron chi connectivity index (χ3n) is 8.65. The lowest BCUT2D eigenvalue weighted by molar-refractivity contribution is -0.199. The predicted molar refractivity (Wildman–Crippen MR) is 207 cm³/mol. The van der Waals surface area contributed by atoms with Gasteiger partial charge in [0.1, 0.15) is 30.8 Å². The zero-order valence-electron chi connectivity index (χ0n) is 32.0. The van der Waals surface area contributed by atoms with E-state index >= 15 is 0 Å². The number of imide groups is 1. The van der Waals surface area contributed by atoms with Gasteiger partial charge in [-0.05, 0) is 61.2 Å². The molecular weight excluding hydrogens is 745 g/mol. The van der Waals surface area contributed by atoms with E-state index < -0.39 is 65.8 Å². The van der Waals surface area contributed by atoms with Gasteiger partial charge in [0.05, 0.1) is 0 Å². The number of carbonyl (C=O) groups is 8. The zero-order valence-corrected chi connectivity index (χ0v) is 32.8. The second-order valence-corrected chi connectivity index (χ2v) is 14.6. The summed E-state index contributed by atoms with van der Waals surface area (Å²) in [6.45, 7) is 3.86. The maximum Gasteiger partial charge on any atom is 0.408 e. The van der Waals surface area contributed by atoms with E-state index in [1.165, 1.54) is 11.8 Å². The number of hydrogen-bond donors (Lipinski definition) is 5. The molecule has 304 valence electrons. The van der Waals surface area contributed by atoms with Crippen LogP contribution in [0.1, 0.15) is 69.9 Å². The first kappa shape index (κ1) is 44.9. The Balaban J connectivity index is 1.64. The monoisotopic (exact) mass is 796 g/mol. The number of nitrogens with zero attached hydrogens (tertiary/aromatic N) is 1. The second-order valence-electron chi connectivity index (χ2n) is 13.6. The number of nitrogens with one attached hydrogen (secondary N) is 5. The van der Waals surface area contributed by atoms with Crippen molar-refractivity contribution < 1.29 is 47.9 Å². The number of rotatable bonds is 24. The smallest absolute Gasteiger partial charge is 0.408 e. The summed E-state index contributed by atoms with van der Waals surface area (Å²) in [6, 6.07) is 13.9. The lowest BCUT2D eigenvalue weighted by Gasteiger charge is -2.26. The first-order valence-electron chi connectivity index (χ1n) is 18.6. The highest BCUT2D eigenvalue weighted by atomic mass is 32.2. The van der Waals surface area contributed by atoms with Gasteiger partial charge in [0.15, 0.2) is 0 Å². The van der Waals surface area contributed by atoms with Crippen LogP contribution in [0.5, 0.6) is 0 Å². The number of benzene rings is 2. The van der Waals surface area contributed by atoms with Crippen molar-refractivity contribution in [2.24, 2.45) is 5.92 Å². The minimum absolute atomic E-state index is 0.00812. The number of hydrogen-bond acceptors (Lipinski definition) is 11. The van der Waals surface area contributed by atoms with Crippen LogP contribution in [-0.2, 0) is 56.2 Å². The normalized spacial score (nSPS) is 14.5. The Hall–Kier alpha value is -5.45. The van der Waals surface area contributed by atoms with E-state index in [1.54, 1.807) is 24.3 Å². The highest BCUT2D eigenvalue weighted by Gasteiger charge is 2.35. The molecule has 16 nitrogen and oxygen atoms in total. The molecule has 1 aliphatic heterocycles. The third-order valence-corrected chi connectivity index (χ3v) is 9.29. The first-order chi connectivity index (χ1) is 26.9. The van der Waals surface area contributed by atoms with Crippen LogP contribution < -0.4 is 26.6 Å². The number of unbranched alkanes of at least 4 members (excludes halogenated alkanes) is 1. The fraction of sp³-hybridized carbons (Fsp3) is 0.487. The Kier molecular flexibility index (Phi) is 19.4. The summed E-state index contributed by atoms with van der Waals surface area (Å²) in [5, 5.41) is 13.7. The van der Waals surface area contributed by atoms with Gasteiger partial charge in [-0.3, -0.25) is 28.8 Å². The standard InChI is InChI=1S/C39H52N6O10S/c1-26(2)22-31(42-36(50)29(41-25-46)19-21-56-3)37(51)43-32(23-27-12-6-4-7-13-27)35(49)40-20-11-10-16-30(38(52)55-45-33(47)17-18-34(45)48)44-39(53)54-24-28-14-8-5-9-15-28/h4-9,12-15,25-26,29-32H,10-11,16-24H2,1-3H3,(H,40,49)(H,41,46)(H,42,50)(H,43,51)(H,44,53)/t29-,30-,31-,32-/m0/s1. The zero-order chi connectivity index (χ0) is 40.9. The Bertz CT molecular complexity index is 1610. The Labute approximate surface area is 330 Å². The first-order valence-corrected chi connectivity index (χ1v) is 20.0. The van der Waals surface area contributed by atoms with Gasteiger partial charge in [-0.25, -0.2) is 9.59 Å². The van der Waals surface area contributed by atoms with E-state index in [2.05, 4.69) is 26.6 Å². The summed E-state index contributed by atoms with van der Waals surface area (Å²) in [7, 11) is 0. The van der Waals surface area contributed by atoms with Crippen molar-refractivity contribution in [2.75, 3.05) is 18.6 Å². The molecule has 2 aromatic rings. The molecule has 17 heteroatoms. The van der Waals surface area contributed by atoms with E-state index in [9.17, 15) is 38.4 Å². The molecule has 4 atom stereocenters. The summed E-state index contributed by atoms with van der Waals surface area (Å²) < 4.78 is 5.25. The van der Waals surface area contributed by atoms with Gasteiger partial charge in [0, 0.05) is 25.8 Å². The summed E-state index contributed by atoms with van der Waals surface area (Å²) in [6.07, 6.45) is 2.66. The Morgan fingerprint density at radius 1 is 0.768 bits per heavy atom. The van der Waals surface area contributed by atoms with Crippen LogP contribution in [0.2, 0.25) is 0 Å². The molecule has 7 amide bonds. The summed E-state index contributed by atoms with van der Waals surface area (Å²) in [4.78, 5) is 106. The Morgan fingerprint density at radius 2 is 1.38 bits per heavy atom. The number of ether oxygens (including phenoxy) is 1. The van der Waals surface area contributed by atoms with Gasteiger partial charge in [0.25, 0.3) is 11.8 Å². The molecule has 0 saturated carbocycles. The maximum absolute atomic E-state index is 13.7. The molecular formula is C39H52N6O10S. The van der Waals surface area contributed by atoms with Gasteiger partial charge >= 0.3 is 12.1 Å². The van der Waals surface area contributed by atoms with E-state index in [-0.39, 0.29) is 57.6 Å². The minimum atomic E-state index is -1.28. The quantitative estimate of drug-likeness (QED) is 0.0590. The highest BCUT2D eigenvalue weighted by Crippen LogP contribution is 2.15. The summed E-state index contributed by atoms with van der Waals surface area (Å²) in [5.74, 6) is -3.29. The van der Waals surface area contributed by atoms with Crippen molar-refractivity contribution >= 4 is 59.8 Å². The van der Waals surface area contributed by atoms with Crippen LogP contribution >= 0.6 is 11.8 Å². The fourth-order valence-corrected chi connectivity index (χ4v) is 6.16. The van der Waals surface area contributed by atoms with E-state index in [4.69, 9.17) is 9.57 Å². The topological polar surface area (TPSA) is 218 Å². The van der Waals surface area contributed by atoms with Gasteiger partial charge in [-0.2, -0.15) is 11.8 Å². The van der Waals surface area contributed by atoms with Crippen LogP contribution in [0.15, 0.2) is 60.7 Å². The van der Waals surface area contributed by atoms with Crippen LogP contribution in [-0.4, -0.2) is 95.8 Å². The molecule has 0 aliphatic carbocycles. The molecule has 1 heterocycles. The molecule has 0 radical (unpaired) electrons. The molecule has 0 spiro atoms. The van der Waals surface area contributed by atoms with Crippen molar-refractivity contribution in [3.63, 3.8) is 0 Å². The highest BCUT2D eigenvalue weighted by molar-refractivity contribution is 7.98. The number of thioether (sulfide) groups is 1. The molecule has 1 saturated heterocycles. The number of carbonyl (C=O) groups excluding carboxylic acids is 8. The lowest BCUT2D eigenvalue weighted by Crippen LogP contribution is -2.57. The third kappa shape index (κ3) is 15.7. The van der Waals surface area contributed by atoms with Crippen LogP contribution in [0.4, 0.5) is 4.79 Å². The van der Waals surface area contributed by atoms with Crippen molar-refractivity contribution in [2.45, 2.75) is 96.0 Å². The maximum atomic E-state index is 13.7. The molecule has 1 aliphatic rings. The molecule has 56 heavy (non-hydrogen) atoms. The number of amides is 7. The number of alkyl carbamates (subject to hydrolysis) is 1. The average Bonchev–Trinajstić information content (AvgIpc) is 3.50. The SMILES string of the molecule is CSCC[C@H](NC=O)C(=O)N[C@@H](CC(C)C)C(=O)N[C@@H](Cc1ccccc1)C(=O)NCCCC[C@H](NC(=O)OCc1ccccc1)C(=O)ON1C(=O)CCC1=O. The van der Waals surface area contributed by atoms with Crippen molar-refractivity contribution in [3.05, 3.63) is 71.8 Å². The van der Waals surface area contributed by atoms with Crippen molar-refractivity contribution in [3.8, 4) is 0 Å². The van der Waals surface area contributed by atoms with Crippen LogP contribution in [0, 0.1) is 5.92 Å². The van der Waals surface area contributed by atoms with Crippen molar-refractivity contribution in [1.29, 1.82) is 0 Å². The second kappa shape index (κ2) is 24.1. The molecule has 1 fully saturated rings. The largest absolute Gasteiger partial charge is 0.445 e. The average molecular weight is 797 g/mol. The van der Waals surface area contributed by atoms with E-state index in [0.29, 0.717) is 30.1 Å². The Morgan fingerprint density at radius 3 is 1.98 bits per heavy atom. The summed E-state index contributed by atoms with van der Waals surface area (Å²) >= 11 is 1.52. The molecule has 2 aromatic carbocycles. The number of hydroxylamine groups is 2. The molecule has 3 rings (SSSR count). The van der Waals surface area contributed by atoms with Gasteiger partial charge in [-0.1, -0.05) is 74.5 Å². The molecule has 0 aromatic heterocycles. The van der Waals surface area contributed by atoms with E-state index in [1.807, 2.05) is 56.5 Å². The van der Waals surface area contributed by atoms with Gasteiger partial charge < -0.3 is 36.2 Å². The summed E-state index contributed by atoms with van der Waals surface area (Å²) in [5.41, 5.74) is 1.50. The lowest BCUT2D eigenvalue weighted by atomic mass is 10.0. The van der Waals surface area contributed by atoms with Crippen LogP contribution in [0.25, 0.3) is 0 Å². The molecule has 0 unspecified atom stereocenters. The van der Waals surface area contributed by atoms with Gasteiger partial charge in [-0.15, -0.1) is 5.06 Å². The van der Waals surface area contributed by atoms with Crippen LogP contribution in [0.3, 0.4) is 0 Å². The molecule has 0 bridgehead atoms.